The van der Waals surface area contributed by atoms with Gasteiger partial charge in [0.1, 0.15) is 10.9 Å². The number of esters is 1. The van der Waals surface area contributed by atoms with Crippen LogP contribution in [0.1, 0.15) is 22.2 Å². The van der Waals surface area contributed by atoms with Crippen LogP contribution in [0.3, 0.4) is 0 Å². The zero-order chi connectivity index (χ0) is 17.1. The molecule has 0 saturated carbocycles. The summed E-state index contributed by atoms with van der Waals surface area (Å²) in [5, 5.41) is 14.2. The number of thiophene rings is 2. The van der Waals surface area contributed by atoms with Crippen LogP contribution in [0.5, 0.6) is 0 Å². The molecule has 0 aliphatic carbocycles. The number of rotatable bonds is 4. The van der Waals surface area contributed by atoms with Gasteiger partial charge in [0.2, 0.25) is 0 Å². The summed E-state index contributed by atoms with van der Waals surface area (Å²) in [5.74, 6) is -0.412. The topological polar surface area (TPSA) is 50.1 Å². The lowest BCUT2D eigenvalue weighted by Crippen LogP contribution is -2.04. The van der Waals surface area contributed by atoms with Crippen LogP contribution in [-0.2, 0) is 4.74 Å². The van der Waals surface area contributed by atoms with Crippen molar-refractivity contribution < 1.29 is 9.53 Å². The molecule has 0 saturated heterocycles. The van der Waals surface area contributed by atoms with Crippen molar-refractivity contribution in [2.45, 2.75) is 6.92 Å². The van der Waals surface area contributed by atoms with E-state index in [-0.39, 0.29) is 6.61 Å². The predicted octanol–water partition coefficient (Wildman–Crippen LogP) is 5.85. The van der Waals surface area contributed by atoms with E-state index in [2.05, 4.69) is 6.07 Å². The van der Waals surface area contributed by atoms with Crippen molar-refractivity contribution in [1.29, 1.82) is 5.26 Å². The molecule has 0 aliphatic rings. The summed E-state index contributed by atoms with van der Waals surface area (Å²) in [6.45, 7) is 2.05. The van der Waals surface area contributed by atoms with Crippen molar-refractivity contribution in [3.8, 4) is 27.6 Å². The number of nitriles is 1. The van der Waals surface area contributed by atoms with Gasteiger partial charge in [0.15, 0.2) is 0 Å². The first kappa shape index (κ1) is 16.7. The quantitative estimate of drug-likeness (QED) is 0.539. The van der Waals surface area contributed by atoms with E-state index in [9.17, 15) is 10.1 Å². The smallest absolute Gasteiger partial charge is 0.349 e. The summed E-state index contributed by atoms with van der Waals surface area (Å²) in [5.41, 5.74) is 2.81. The van der Waals surface area contributed by atoms with E-state index in [1.54, 1.807) is 30.4 Å². The van der Waals surface area contributed by atoms with Gasteiger partial charge in [0.25, 0.3) is 0 Å². The summed E-state index contributed by atoms with van der Waals surface area (Å²) < 4.78 is 5.18. The molecule has 6 heteroatoms. The van der Waals surface area contributed by atoms with Gasteiger partial charge in [0, 0.05) is 16.1 Å². The van der Waals surface area contributed by atoms with E-state index in [0.29, 0.717) is 21.0 Å². The molecular weight excluding hydrogens is 362 g/mol. The molecule has 2 heterocycles. The Labute approximate surface area is 152 Å². The number of ether oxygens (including phenoxy) is 1. The van der Waals surface area contributed by atoms with Gasteiger partial charge in [0.05, 0.1) is 17.0 Å². The van der Waals surface area contributed by atoms with E-state index < -0.39 is 5.97 Å². The molecule has 3 rings (SSSR count). The molecule has 0 amide bonds. The lowest BCUT2D eigenvalue weighted by Gasteiger charge is -2.05. The Hall–Kier alpha value is -2.13. The molecule has 0 unspecified atom stereocenters. The largest absolute Gasteiger partial charge is 0.462 e. The van der Waals surface area contributed by atoms with Crippen molar-refractivity contribution in [2.24, 2.45) is 0 Å². The van der Waals surface area contributed by atoms with Crippen molar-refractivity contribution in [2.75, 3.05) is 6.61 Å². The molecule has 0 radical (unpaired) electrons. The molecule has 3 nitrogen and oxygen atoms in total. The Morgan fingerprint density at radius 1 is 1.25 bits per heavy atom. The Bertz CT molecular complexity index is 906. The normalized spacial score (nSPS) is 10.4. The van der Waals surface area contributed by atoms with Crippen molar-refractivity contribution in [1.82, 2.24) is 0 Å². The Balaban J connectivity index is 2.26. The lowest BCUT2D eigenvalue weighted by molar-refractivity contribution is 0.0533. The third-order valence-corrected chi connectivity index (χ3v) is 5.55. The summed E-state index contributed by atoms with van der Waals surface area (Å²) in [7, 11) is 0. The first-order valence-corrected chi connectivity index (χ1v) is 9.32. The van der Waals surface area contributed by atoms with Gasteiger partial charge in [-0.05, 0) is 41.4 Å². The minimum atomic E-state index is -0.412. The first-order chi connectivity index (χ1) is 11.7. The summed E-state index contributed by atoms with van der Waals surface area (Å²) >= 11 is 8.80. The minimum Gasteiger partial charge on any atom is -0.462 e. The number of carbonyl (C=O) groups is 1. The molecule has 0 N–H and O–H groups in total. The van der Waals surface area contributed by atoms with Crippen LogP contribution in [0.2, 0.25) is 5.02 Å². The van der Waals surface area contributed by atoms with Crippen molar-refractivity contribution >= 4 is 40.2 Å². The fourth-order valence-corrected chi connectivity index (χ4v) is 4.38. The monoisotopic (exact) mass is 373 g/mol. The van der Waals surface area contributed by atoms with Gasteiger partial charge in [-0.1, -0.05) is 23.7 Å². The third kappa shape index (κ3) is 3.09. The Morgan fingerprint density at radius 2 is 2.00 bits per heavy atom. The van der Waals surface area contributed by atoms with Crippen LogP contribution in [0.15, 0.2) is 41.1 Å². The molecule has 3 aromatic rings. The van der Waals surface area contributed by atoms with Crippen LogP contribution in [0.25, 0.3) is 21.6 Å². The highest BCUT2D eigenvalue weighted by Gasteiger charge is 2.25. The van der Waals surface area contributed by atoms with Gasteiger partial charge in [-0.3, -0.25) is 0 Å². The van der Waals surface area contributed by atoms with Crippen molar-refractivity contribution in [3.63, 3.8) is 0 Å². The average molecular weight is 374 g/mol. The van der Waals surface area contributed by atoms with Crippen LogP contribution in [0.4, 0.5) is 0 Å². The van der Waals surface area contributed by atoms with E-state index in [4.69, 9.17) is 16.3 Å². The second kappa shape index (κ2) is 7.18. The first-order valence-electron chi connectivity index (χ1n) is 7.18. The molecule has 1 aromatic carbocycles. The maximum absolute atomic E-state index is 12.4. The van der Waals surface area contributed by atoms with E-state index >= 15 is 0 Å². The molecule has 0 atom stereocenters. The summed E-state index contributed by atoms with van der Waals surface area (Å²) in [4.78, 5) is 13.6. The number of carbonyl (C=O) groups excluding carboxylic acids is 1. The van der Waals surface area contributed by atoms with E-state index in [1.807, 2.05) is 29.0 Å². The van der Waals surface area contributed by atoms with Gasteiger partial charge in [-0.2, -0.15) is 16.6 Å². The number of halogens is 1. The molecule has 0 fully saturated rings. The molecule has 0 aliphatic heterocycles. The van der Waals surface area contributed by atoms with Gasteiger partial charge < -0.3 is 4.74 Å². The maximum Gasteiger partial charge on any atom is 0.349 e. The highest BCUT2D eigenvalue weighted by atomic mass is 35.5. The molecule has 0 bridgehead atoms. The fraction of sp³-hybridized carbons (Fsp3) is 0.111. The lowest BCUT2D eigenvalue weighted by atomic mass is 9.99. The van der Waals surface area contributed by atoms with Crippen LogP contribution in [-0.4, -0.2) is 12.6 Å². The fourth-order valence-electron chi connectivity index (χ4n) is 2.37. The number of hydrogen-bond donors (Lipinski definition) is 0. The summed E-state index contributed by atoms with van der Waals surface area (Å²) in [6, 6.07) is 11.3. The standard InChI is InChI=1S/C18H12ClNO2S2/c1-2-22-18(21)17-15(11-3-5-13(19)6-4-11)14(9-20)16(24-17)12-7-8-23-10-12/h3-8,10H,2H2,1H3. The van der Waals surface area contributed by atoms with Gasteiger partial charge in [-0.25, -0.2) is 4.79 Å². The number of nitrogens with zero attached hydrogens (tertiary/aromatic N) is 1. The van der Waals surface area contributed by atoms with E-state index in [1.165, 1.54) is 11.3 Å². The van der Waals surface area contributed by atoms with Crippen LogP contribution in [0, 0.1) is 11.3 Å². The molecule has 24 heavy (non-hydrogen) atoms. The van der Waals surface area contributed by atoms with Crippen molar-refractivity contribution in [3.05, 3.63) is 56.6 Å². The van der Waals surface area contributed by atoms with Crippen LogP contribution < -0.4 is 0 Å². The predicted molar refractivity (Wildman–Crippen MR) is 98.7 cm³/mol. The highest BCUT2D eigenvalue weighted by molar-refractivity contribution is 7.18. The Kier molecular flexibility index (Phi) is 5.00. The molecule has 0 spiro atoms. The molecule has 120 valence electrons. The molecular formula is C18H12ClNO2S2. The van der Waals surface area contributed by atoms with Gasteiger partial charge >= 0.3 is 5.97 Å². The average Bonchev–Trinajstić information content (AvgIpc) is 3.22. The number of hydrogen-bond acceptors (Lipinski definition) is 5. The zero-order valence-electron chi connectivity index (χ0n) is 12.7. The minimum absolute atomic E-state index is 0.284. The SMILES string of the molecule is CCOC(=O)c1sc(-c2ccsc2)c(C#N)c1-c1ccc(Cl)cc1. The van der Waals surface area contributed by atoms with E-state index in [0.717, 1.165) is 16.0 Å². The molecule has 2 aromatic heterocycles. The highest BCUT2D eigenvalue weighted by Crippen LogP contribution is 2.43. The maximum atomic E-state index is 12.4. The second-order valence-corrected chi connectivity index (χ2v) is 7.10. The second-order valence-electron chi connectivity index (χ2n) is 4.86. The summed E-state index contributed by atoms with van der Waals surface area (Å²) in [6.07, 6.45) is 0. The zero-order valence-corrected chi connectivity index (χ0v) is 15.1. The number of benzene rings is 1. The third-order valence-electron chi connectivity index (χ3n) is 3.40. The van der Waals surface area contributed by atoms with Gasteiger partial charge in [-0.15, -0.1) is 11.3 Å². The van der Waals surface area contributed by atoms with Crippen LogP contribution >= 0.6 is 34.3 Å². The Morgan fingerprint density at radius 3 is 2.58 bits per heavy atom.